The average molecular weight is 156 g/mol. The first-order chi connectivity index (χ1) is 5.09. The molecule has 0 saturated heterocycles. The Balaban J connectivity index is 2.77. The van der Waals surface area contributed by atoms with Gasteiger partial charge in [-0.15, -0.1) is 0 Å². The second kappa shape index (κ2) is 2.95. The van der Waals surface area contributed by atoms with Crippen molar-refractivity contribution < 1.29 is 14.6 Å². The van der Waals surface area contributed by atoms with E-state index >= 15 is 0 Å². The van der Waals surface area contributed by atoms with Gasteiger partial charge < -0.3 is 10.2 Å². The first-order valence-corrected chi connectivity index (χ1v) is 3.47. The zero-order chi connectivity index (χ0) is 8.59. The van der Waals surface area contributed by atoms with Gasteiger partial charge in [0.05, 0.1) is 20.6 Å². The molecule has 2 radical (unpaired) electrons. The number of hydrogen-bond donors (Lipinski definition) is 2. The minimum atomic E-state index is -1.49. The maximum Gasteiger partial charge on any atom is 0.125 e. The lowest BCUT2D eigenvalue weighted by Crippen LogP contribution is -2.25. The molecule has 2 N–H and O–H groups in total. The Morgan fingerprint density at radius 2 is 2.18 bits per heavy atom. The Kier molecular flexibility index (Phi) is 2.35. The molecule has 0 spiro atoms. The third kappa shape index (κ3) is 1.21. The monoisotopic (exact) mass is 156 g/mol. The van der Waals surface area contributed by atoms with E-state index in [1.54, 1.807) is 0 Å². The minimum absolute atomic E-state index is 0.297. The van der Waals surface area contributed by atoms with Crippen molar-refractivity contribution in [2.75, 3.05) is 6.61 Å². The van der Waals surface area contributed by atoms with E-state index < -0.39 is 24.0 Å². The molecule has 4 heteroatoms. The van der Waals surface area contributed by atoms with Crippen LogP contribution in [0.2, 0.25) is 5.82 Å². The van der Waals surface area contributed by atoms with E-state index in [-0.39, 0.29) is 6.61 Å². The molecule has 0 aromatic rings. The fraction of sp³-hybridized carbons (Fsp3) is 0.714. The molecule has 0 aromatic carbocycles. The molecule has 0 aromatic heterocycles. The fourth-order valence-electron chi connectivity index (χ4n) is 1.33. The third-order valence-corrected chi connectivity index (χ3v) is 2.18. The Hall–Kier alpha value is -0.345. The third-order valence-electron chi connectivity index (χ3n) is 2.18. The Bertz CT molecular complexity index is 174. The zero-order valence-corrected chi connectivity index (χ0v) is 6.07. The van der Waals surface area contributed by atoms with E-state index in [0.717, 1.165) is 0 Å². The summed E-state index contributed by atoms with van der Waals surface area (Å²) in [5.41, 5.74) is 0.396. The van der Waals surface area contributed by atoms with E-state index in [9.17, 15) is 4.39 Å². The van der Waals surface area contributed by atoms with Gasteiger partial charge in [0.1, 0.15) is 6.17 Å². The molecule has 1 aliphatic carbocycles. The van der Waals surface area contributed by atoms with Gasteiger partial charge in [0.25, 0.3) is 0 Å². The zero-order valence-electron chi connectivity index (χ0n) is 6.07. The molecule has 1 rings (SSSR count). The number of aliphatic hydroxyl groups is 2. The molecule has 1 fully saturated rings. The smallest absolute Gasteiger partial charge is 0.125 e. The van der Waals surface area contributed by atoms with E-state index in [0.29, 0.717) is 5.57 Å². The topological polar surface area (TPSA) is 40.5 Å². The van der Waals surface area contributed by atoms with Gasteiger partial charge in [-0.05, 0) is 5.82 Å². The van der Waals surface area contributed by atoms with Gasteiger partial charge in [0.15, 0.2) is 0 Å². The number of halogens is 1. The highest BCUT2D eigenvalue weighted by atomic mass is 19.1. The standard InChI is InChI=1S/C7H10BFO2/c1-3-4(2-10)7(11)6(9)5(3)8/h4-7,10-11H,1-2H2/t4-,5+,6?,7?/m0/s1. The number of alkyl halides is 1. The first kappa shape index (κ1) is 8.75. The van der Waals surface area contributed by atoms with Gasteiger partial charge in [-0.25, -0.2) is 4.39 Å². The van der Waals surface area contributed by atoms with Gasteiger partial charge in [0, 0.05) is 5.92 Å². The average Bonchev–Trinajstić information content (AvgIpc) is 2.17. The lowest BCUT2D eigenvalue weighted by Gasteiger charge is -2.11. The molecular weight excluding hydrogens is 146 g/mol. The quantitative estimate of drug-likeness (QED) is 0.408. The van der Waals surface area contributed by atoms with Crippen molar-refractivity contribution in [1.29, 1.82) is 0 Å². The molecule has 60 valence electrons. The SMILES string of the molecule is [B][C@@H]1C(=C)[C@H](CO)C(O)C1F. The summed E-state index contributed by atoms with van der Waals surface area (Å²) in [7, 11) is 5.33. The second-order valence-corrected chi connectivity index (χ2v) is 2.82. The molecule has 4 atom stereocenters. The Morgan fingerprint density at radius 3 is 2.36 bits per heavy atom. The number of rotatable bonds is 1. The van der Waals surface area contributed by atoms with Crippen LogP contribution in [0.1, 0.15) is 0 Å². The van der Waals surface area contributed by atoms with Crippen molar-refractivity contribution in [3.8, 4) is 0 Å². The molecule has 2 nitrogen and oxygen atoms in total. The van der Waals surface area contributed by atoms with Crippen molar-refractivity contribution in [2.45, 2.75) is 18.1 Å². The van der Waals surface area contributed by atoms with Crippen molar-refractivity contribution in [3.05, 3.63) is 12.2 Å². The highest BCUT2D eigenvalue weighted by Gasteiger charge is 2.42. The second-order valence-electron chi connectivity index (χ2n) is 2.82. The summed E-state index contributed by atoms with van der Waals surface area (Å²) in [5.74, 6) is -1.43. The normalized spacial score (nSPS) is 44.8. The van der Waals surface area contributed by atoms with Crippen LogP contribution >= 0.6 is 0 Å². The lowest BCUT2D eigenvalue weighted by molar-refractivity contribution is 0.0510. The molecule has 1 aliphatic rings. The molecule has 11 heavy (non-hydrogen) atoms. The highest BCUT2D eigenvalue weighted by molar-refractivity contribution is 6.14. The van der Waals surface area contributed by atoms with E-state index in [4.69, 9.17) is 18.1 Å². The fourth-order valence-corrected chi connectivity index (χ4v) is 1.33. The summed E-state index contributed by atoms with van der Waals surface area (Å²) >= 11 is 0. The Morgan fingerprint density at radius 1 is 1.64 bits per heavy atom. The molecule has 0 heterocycles. The van der Waals surface area contributed by atoms with Crippen molar-refractivity contribution >= 4 is 7.85 Å². The van der Waals surface area contributed by atoms with E-state index in [1.165, 1.54) is 0 Å². The van der Waals surface area contributed by atoms with Crippen LogP contribution in [-0.2, 0) is 0 Å². The van der Waals surface area contributed by atoms with Gasteiger partial charge in [0.2, 0.25) is 0 Å². The van der Waals surface area contributed by atoms with E-state index in [1.807, 2.05) is 0 Å². The van der Waals surface area contributed by atoms with Gasteiger partial charge in [-0.3, -0.25) is 0 Å². The van der Waals surface area contributed by atoms with Crippen LogP contribution in [0, 0.1) is 5.92 Å². The maximum absolute atomic E-state index is 12.9. The van der Waals surface area contributed by atoms with Gasteiger partial charge >= 0.3 is 0 Å². The molecule has 1 saturated carbocycles. The Labute approximate surface area is 66.1 Å². The first-order valence-electron chi connectivity index (χ1n) is 3.47. The molecular formula is C7H10BFO2. The van der Waals surface area contributed by atoms with Gasteiger partial charge in [-0.1, -0.05) is 12.2 Å². The molecule has 0 aliphatic heterocycles. The van der Waals surface area contributed by atoms with Crippen LogP contribution in [0.4, 0.5) is 4.39 Å². The van der Waals surface area contributed by atoms with Crippen LogP contribution in [0.3, 0.4) is 0 Å². The number of aliphatic hydroxyl groups excluding tert-OH is 2. The molecule has 0 bridgehead atoms. The summed E-state index contributed by atoms with van der Waals surface area (Å²) < 4.78 is 12.9. The molecule has 2 unspecified atom stereocenters. The van der Waals surface area contributed by atoms with Crippen LogP contribution < -0.4 is 0 Å². The molecule has 0 amide bonds. The summed E-state index contributed by atoms with van der Waals surface area (Å²) in [6, 6.07) is 0. The summed E-state index contributed by atoms with van der Waals surface area (Å²) in [6.07, 6.45) is -2.68. The number of hydrogen-bond acceptors (Lipinski definition) is 2. The summed E-state index contributed by atoms with van der Waals surface area (Å²) in [5, 5.41) is 17.8. The summed E-state index contributed by atoms with van der Waals surface area (Å²) in [6.45, 7) is 3.21. The van der Waals surface area contributed by atoms with Crippen molar-refractivity contribution in [1.82, 2.24) is 0 Å². The van der Waals surface area contributed by atoms with Crippen molar-refractivity contribution in [3.63, 3.8) is 0 Å². The van der Waals surface area contributed by atoms with E-state index in [2.05, 4.69) is 6.58 Å². The minimum Gasteiger partial charge on any atom is -0.396 e. The largest absolute Gasteiger partial charge is 0.396 e. The van der Waals surface area contributed by atoms with Crippen molar-refractivity contribution in [2.24, 2.45) is 5.92 Å². The predicted molar refractivity (Wildman–Crippen MR) is 40.1 cm³/mol. The van der Waals surface area contributed by atoms with Crippen LogP contribution in [0.5, 0.6) is 0 Å². The predicted octanol–water partition coefficient (Wildman–Crippen LogP) is -0.179. The maximum atomic E-state index is 12.9. The van der Waals surface area contributed by atoms with Gasteiger partial charge in [-0.2, -0.15) is 0 Å². The summed E-state index contributed by atoms with van der Waals surface area (Å²) in [4.78, 5) is 0. The van der Waals surface area contributed by atoms with Crippen LogP contribution in [0.15, 0.2) is 12.2 Å². The lowest BCUT2D eigenvalue weighted by atomic mass is 9.81. The van der Waals surface area contributed by atoms with Crippen LogP contribution in [-0.4, -0.2) is 36.9 Å². The highest BCUT2D eigenvalue weighted by Crippen LogP contribution is 2.39. The van der Waals surface area contributed by atoms with Crippen LogP contribution in [0.25, 0.3) is 0 Å².